The van der Waals surface area contributed by atoms with Gasteiger partial charge in [-0.3, -0.25) is 4.90 Å². The van der Waals surface area contributed by atoms with Gasteiger partial charge in [0, 0.05) is 25.7 Å². The van der Waals surface area contributed by atoms with Gasteiger partial charge < -0.3 is 19.9 Å². The molecule has 8 heteroatoms. The zero-order valence-corrected chi connectivity index (χ0v) is 15.8. The quantitative estimate of drug-likeness (QED) is 0.838. The van der Waals surface area contributed by atoms with Crippen LogP contribution >= 0.6 is 12.4 Å². The van der Waals surface area contributed by atoms with E-state index in [-0.39, 0.29) is 30.5 Å². The van der Waals surface area contributed by atoms with Gasteiger partial charge in [-0.25, -0.2) is 9.78 Å². The molecule has 4 rings (SSSR count). The molecule has 0 spiro atoms. The minimum Gasteiger partial charge on any atom is -0.378 e. The lowest BCUT2D eigenvalue weighted by Gasteiger charge is -2.37. The number of imidazole rings is 1. The summed E-state index contributed by atoms with van der Waals surface area (Å²) in [6.45, 7) is 3.54. The number of piperidine rings is 1. The Morgan fingerprint density at radius 1 is 1.27 bits per heavy atom. The number of nitrogens with zero attached hydrogens (tertiary/aromatic N) is 3. The number of hydrogen-bond donors (Lipinski definition) is 2. The Labute approximate surface area is 159 Å². The maximum atomic E-state index is 12.5. The number of urea groups is 1. The largest absolute Gasteiger partial charge is 0.378 e. The zero-order valence-electron chi connectivity index (χ0n) is 15.0. The summed E-state index contributed by atoms with van der Waals surface area (Å²) in [7, 11) is 2.12. The molecule has 26 heavy (non-hydrogen) atoms. The first-order chi connectivity index (χ1) is 12.2. The smallest absolute Gasteiger partial charge is 0.317 e. The number of carbonyl (C=O) groups excluding carboxylic acids is 1. The van der Waals surface area contributed by atoms with E-state index in [0.717, 1.165) is 36.2 Å². The Balaban J connectivity index is 0.00000196. The number of carbonyl (C=O) groups is 1. The Kier molecular flexibility index (Phi) is 6.01. The topological polar surface area (TPSA) is 73.5 Å². The Morgan fingerprint density at radius 2 is 2.04 bits per heavy atom. The molecule has 2 fully saturated rings. The minimum absolute atomic E-state index is 0. The molecule has 2 amide bonds. The van der Waals surface area contributed by atoms with Crippen LogP contribution < -0.4 is 5.32 Å². The van der Waals surface area contributed by atoms with Gasteiger partial charge in [0.2, 0.25) is 0 Å². The lowest BCUT2D eigenvalue weighted by molar-refractivity contribution is 0.0510. The highest BCUT2D eigenvalue weighted by molar-refractivity contribution is 5.85. The molecule has 1 aromatic heterocycles. The van der Waals surface area contributed by atoms with Crippen molar-refractivity contribution in [1.82, 2.24) is 25.1 Å². The summed E-state index contributed by atoms with van der Waals surface area (Å²) in [6.07, 6.45) is 1.83. The van der Waals surface area contributed by atoms with E-state index < -0.39 is 0 Å². The number of morpholine rings is 1. The standard InChI is InChI=1S/C18H25N5O2.ClH/c1-22-7-6-13(19-18(24)23-8-10-25-11-9-23)12-16(22)17-20-14-4-2-3-5-15(14)21-17;/h2-5,13,16H,6-12H2,1H3,(H,19,24)(H,20,21);1H/t13-,16-;/m1./s1. The second kappa shape index (κ2) is 8.24. The first kappa shape index (κ1) is 18.9. The number of ether oxygens (including phenoxy) is 1. The molecule has 0 saturated carbocycles. The minimum atomic E-state index is 0. The SMILES string of the molecule is CN1CC[C@@H](NC(=O)N2CCOCC2)C[C@@H]1c1nc2ccccc2[nH]1.Cl. The average Bonchev–Trinajstić information content (AvgIpc) is 3.08. The first-order valence-electron chi connectivity index (χ1n) is 8.99. The monoisotopic (exact) mass is 379 g/mol. The fourth-order valence-electron chi connectivity index (χ4n) is 3.70. The molecule has 2 saturated heterocycles. The van der Waals surface area contributed by atoms with E-state index in [1.165, 1.54) is 0 Å². The van der Waals surface area contributed by atoms with Crippen molar-refractivity contribution in [3.8, 4) is 0 Å². The molecule has 142 valence electrons. The van der Waals surface area contributed by atoms with Crippen LogP contribution in [0.2, 0.25) is 0 Å². The highest BCUT2D eigenvalue weighted by Crippen LogP contribution is 2.29. The number of para-hydroxylation sites is 2. The number of benzene rings is 1. The highest BCUT2D eigenvalue weighted by atomic mass is 35.5. The van der Waals surface area contributed by atoms with Crippen molar-refractivity contribution in [1.29, 1.82) is 0 Å². The molecule has 2 aliphatic rings. The molecule has 1 aromatic carbocycles. The number of hydrogen-bond acceptors (Lipinski definition) is 4. The van der Waals surface area contributed by atoms with E-state index in [1.54, 1.807) is 0 Å². The normalized spacial score (nSPS) is 24.3. The van der Waals surface area contributed by atoms with Crippen LogP contribution in [0.25, 0.3) is 11.0 Å². The van der Waals surface area contributed by atoms with E-state index in [2.05, 4.69) is 22.2 Å². The van der Waals surface area contributed by atoms with Gasteiger partial charge in [-0.15, -0.1) is 12.4 Å². The maximum Gasteiger partial charge on any atom is 0.317 e. The summed E-state index contributed by atoms with van der Waals surface area (Å²) >= 11 is 0. The summed E-state index contributed by atoms with van der Waals surface area (Å²) in [5, 5.41) is 3.21. The summed E-state index contributed by atoms with van der Waals surface area (Å²) in [4.78, 5) is 24.8. The number of aromatic nitrogens is 2. The molecular formula is C18H26ClN5O2. The van der Waals surface area contributed by atoms with Crippen molar-refractivity contribution in [2.24, 2.45) is 0 Å². The van der Waals surface area contributed by atoms with Crippen LogP contribution in [0.15, 0.2) is 24.3 Å². The lowest BCUT2D eigenvalue weighted by atomic mass is 9.97. The Morgan fingerprint density at radius 3 is 2.81 bits per heavy atom. The van der Waals surface area contributed by atoms with E-state index >= 15 is 0 Å². The number of fused-ring (bicyclic) bond motifs is 1. The molecule has 2 N–H and O–H groups in total. The molecule has 7 nitrogen and oxygen atoms in total. The van der Waals surface area contributed by atoms with E-state index in [4.69, 9.17) is 9.72 Å². The molecule has 0 bridgehead atoms. The molecule has 0 aliphatic carbocycles. The molecule has 2 aliphatic heterocycles. The van der Waals surface area contributed by atoms with Gasteiger partial charge in [0.25, 0.3) is 0 Å². The van der Waals surface area contributed by atoms with Crippen LogP contribution in [-0.2, 0) is 4.74 Å². The Hall–Kier alpha value is -1.83. The third-order valence-corrected chi connectivity index (χ3v) is 5.22. The van der Waals surface area contributed by atoms with Crippen LogP contribution in [0.5, 0.6) is 0 Å². The van der Waals surface area contributed by atoms with Crippen LogP contribution in [-0.4, -0.2) is 71.7 Å². The van der Waals surface area contributed by atoms with Crippen LogP contribution in [0, 0.1) is 0 Å². The maximum absolute atomic E-state index is 12.5. The number of rotatable bonds is 2. The average molecular weight is 380 g/mol. The number of amides is 2. The van der Waals surface area contributed by atoms with Crippen molar-refractivity contribution in [3.05, 3.63) is 30.1 Å². The van der Waals surface area contributed by atoms with Gasteiger partial charge in [-0.2, -0.15) is 0 Å². The van der Waals surface area contributed by atoms with Gasteiger partial charge in [-0.05, 0) is 32.0 Å². The van der Waals surface area contributed by atoms with Crippen molar-refractivity contribution in [2.75, 3.05) is 39.9 Å². The van der Waals surface area contributed by atoms with Gasteiger partial charge in [-0.1, -0.05) is 12.1 Å². The van der Waals surface area contributed by atoms with Crippen molar-refractivity contribution < 1.29 is 9.53 Å². The van der Waals surface area contributed by atoms with Crippen LogP contribution in [0.3, 0.4) is 0 Å². The van der Waals surface area contributed by atoms with E-state index in [0.29, 0.717) is 26.3 Å². The van der Waals surface area contributed by atoms with E-state index in [1.807, 2.05) is 29.2 Å². The van der Waals surface area contributed by atoms with Crippen LogP contribution in [0.4, 0.5) is 4.79 Å². The molecular weight excluding hydrogens is 354 g/mol. The number of halogens is 1. The number of likely N-dealkylation sites (tertiary alicyclic amines) is 1. The zero-order chi connectivity index (χ0) is 17.2. The Bertz CT molecular complexity index is 713. The fourth-order valence-corrected chi connectivity index (χ4v) is 3.70. The van der Waals surface area contributed by atoms with Crippen molar-refractivity contribution >= 4 is 29.5 Å². The van der Waals surface area contributed by atoms with Gasteiger partial charge in [0.1, 0.15) is 5.82 Å². The molecule has 2 aromatic rings. The molecule has 0 radical (unpaired) electrons. The number of nitrogens with one attached hydrogen (secondary N) is 2. The highest BCUT2D eigenvalue weighted by Gasteiger charge is 2.31. The predicted molar refractivity (Wildman–Crippen MR) is 103 cm³/mol. The molecule has 0 unspecified atom stereocenters. The van der Waals surface area contributed by atoms with E-state index in [9.17, 15) is 4.79 Å². The summed E-state index contributed by atoms with van der Waals surface area (Å²) in [6, 6.07) is 8.48. The summed E-state index contributed by atoms with van der Waals surface area (Å²) < 4.78 is 5.32. The first-order valence-corrected chi connectivity index (χ1v) is 8.99. The predicted octanol–water partition coefficient (Wildman–Crippen LogP) is 2.16. The van der Waals surface area contributed by atoms with Crippen LogP contribution in [0.1, 0.15) is 24.7 Å². The molecule has 2 atom stereocenters. The van der Waals surface area contributed by atoms with Gasteiger partial charge in [0.15, 0.2) is 0 Å². The number of aromatic amines is 1. The second-order valence-electron chi connectivity index (χ2n) is 6.91. The second-order valence-corrected chi connectivity index (χ2v) is 6.91. The van der Waals surface area contributed by atoms with Crippen molar-refractivity contribution in [3.63, 3.8) is 0 Å². The third-order valence-electron chi connectivity index (χ3n) is 5.22. The lowest BCUT2D eigenvalue weighted by Crippen LogP contribution is -2.52. The molecule has 3 heterocycles. The summed E-state index contributed by atoms with van der Waals surface area (Å²) in [5.41, 5.74) is 2.05. The third kappa shape index (κ3) is 3.95. The fraction of sp³-hybridized carbons (Fsp3) is 0.556. The summed E-state index contributed by atoms with van der Waals surface area (Å²) in [5.74, 6) is 0.981. The number of H-pyrrole nitrogens is 1. The van der Waals surface area contributed by atoms with Crippen molar-refractivity contribution in [2.45, 2.75) is 24.9 Å². The van der Waals surface area contributed by atoms with Gasteiger partial charge >= 0.3 is 6.03 Å². The van der Waals surface area contributed by atoms with Gasteiger partial charge in [0.05, 0.1) is 30.3 Å².